The van der Waals surface area contributed by atoms with Gasteiger partial charge in [0.1, 0.15) is 18.4 Å². The van der Waals surface area contributed by atoms with E-state index in [0.717, 1.165) is 15.4 Å². The molecule has 1 atom stereocenters. The summed E-state index contributed by atoms with van der Waals surface area (Å²) in [6.07, 6.45) is 0.195. The van der Waals surface area contributed by atoms with Crippen molar-refractivity contribution < 1.29 is 22.4 Å². The number of sulfonamides is 1. The Kier molecular flexibility index (Phi) is 11.1. The molecule has 7 nitrogen and oxygen atoms in total. The monoisotopic (exact) mass is 629 g/mol. The maximum atomic E-state index is 14.4. The number of benzene rings is 4. The smallest absolute Gasteiger partial charge is 0.264 e. The van der Waals surface area contributed by atoms with E-state index in [1.165, 1.54) is 29.2 Å². The minimum atomic E-state index is -4.18. The van der Waals surface area contributed by atoms with Crippen LogP contribution in [0.5, 0.6) is 0 Å². The van der Waals surface area contributed by atoms with Gasteiger partial charge >= 0.3 is 0 Å². The molecule has 0 aliphatic rings. The Balaban J connectivity index is 1.80. The molecule has 2 amide bonds. The van der Waals surface area contributed by atoms with Gasteiger partial charge in [0.15, 0.2) is 0 Å². The van der Waals surface area contributed by atoms with Crippen molar-refractivity contribution in [3.05, 3.63) is 132 Å². The van der Waals surface area contributed by atoms with Crippen LogP contribution in [0.1, 0.15) is 50.3 Å². The van der Waals surface area contributed by atoms with Crippen molar-refractivity contribution in [2.45, 2.75) is 63.6 Å². The van der Waals surface area contributed by atoms with Gasteiger partial charge in [-0.2, -0.15) is 0 Å². The second-order valence-corrected chi connectivity index (χ2v) is 13.5. The molecule has 0 aromatic heterocycles. The number of anilines is 1. The molecule has 0 heterocycles. The first-order valence-electron chi connectivity index (χ1n) is 15.0. The lowest BCUT2D eigenvalue weighted by atomic mass is 10.0. The van der Waals surface area contributed by atoms with E-state index < -0.39 is 34.3 Å². The maximum absolute atomic E-state index is 14.4. The number of hydrogen-bond donors (Lipinski definition) is 1. The summed E-state index contributed by atoms with van der Waals surface area (Å²) < 4.78 is 43.1. The van der Waals surface area contributed by atoms with Crippen molar-refractivity contribution in [1.82, 2.24) is 10.2 Å². The van der Waals surface area contributed by atoms with Gasteiger partial charge in [0.25, 0.3) is 10.0 Å². The van der Waals surface area contributed by atoms with E-state index in [4.69, 9.17) is 0 Å². The molecule has 0 saturated carbocycles. The molecule has 4 rings (SSSR count). The van der Waals surface area contributed by atoms with Crippen LogP contribution in [0.25, 0.3) is 0 Å². The number of halogens is 1. The highest BCUT2D eigenvalue weighted by Gasteiger charge is 2.34. The minimum Gasteiger partial charge on any atom is -0.352 e. The molecule has 236 valence electrons. The number of nitrogens with one attached hydrogen (secondary N) is 1. The number of nitrogens with zero attached hydrogens (tertiary/aromatic N) is 2. The van der Waals surface area contributed by atoms with Gasteiger partial charge in [0, 0.05) is 19.0 Å². The van der Waals surface area contributed by atoms with Gasteiger partial charge in [-0.05, 0) is 72.9 Å². The van der Waals surface area contributed by atoms with Crippen LogP contribution in [-0.4, -0.2) is 43.8 Å². The Morgan fingerprint density at radius 1 is 0.756 bits per heavy atom. The van der Waals surface area contributed by atoms with Gasteiger partial charge < -0.3 is 10.2 Å². The maximum Gasteiger partial charge on any atom is 0.264 e. The molecule has 4 aromatic rings. The van der Waals surface area contributed by atoms with Crippen LogP contribution in [0.2, 0.25) is 0 Å². The highest BCUT2D eigenvalue weighted by Crippen LogP contribution is 2.27. The molecule has 0 aliphatic heterocycles. The van der Waals surface area contributed by atoms with Crippen LogP contribution in [-0.2, 0) is 32.6 Å². The van der Waals surface area contributed by atoms with E-state index in [1.807, 2.05) is 70.2 Å². The van der Waals surface area contributed by atoms with Gasteiger partial charge in [0.05, 0.1) is 10.6 Å². The average Bonchev–Trinajstić information content (AvgIpc) is 3.03. The molecular formula is C36H40FN3O4S. The third-order valence-electron chi connectivity index (χ3n) is 7.43. The lowest BCUT2D eigenvalue weighted by Crippen LogP contribution is -2.54. The first-order valence-corrected chi connectivity index (χ1v) is 16.5. The molecule has 0 saturated heterocycles. The summed E-state index contributed by atoms with van der Waals surface area (Å²) in [4.78, 5) is 29.6. The fourth-order valence-electron chi connectivity index (χ4n) is 5.00. The average molecular weight is 630 g/mol. The van der Waals surface area contributed by atoms with E-state index in [9.17, 15) is 22.4 Å². The summed E-state index contributed by atoms with van der Waals surface area (Å²) in [6.45, 7) is 7.16. The summed E-state index contributed by atoms with van der Waals surface area (Å²) in [7, 11) is -4.18. The summed E-state index contributed by atoms with van der Waals surface area (Å²) in [5.74, 6) is -1.15. The van der Waals surface area contributed by atoms with Crippen LogP contribution >= 0.6 is 0 Å². The molecule has 0 bridgehead atoms. The van der Waals surface area contributed by atoms with Gasteiger partial charge in [-0.25, -0.2) is 12.8 Å². The standard InChI is InChI=1S/C36H40FN3O4S/c1-26(2)30-17-21-32(22-18-30)40(45(43,44)33-13-9-6-10-14-33)25-35(41)39(24-29-15-19-31(37)20-16-29)34(36(42)38-27(3)4)23-28-11-7-5-8-12-28/h5-22,26-27,34H,23-25H2,1-4H3,(H,38,42)/t34-/m0/s1. The summed E-state index contributed by atoms with van der Waals surface area (Å²) in [5, 5.41) is 2.93. The zero-order chi connectivity index (χ0) is 32.6. The number of carbonyl (C=O) groups excluding carboxylic acids is 2. The Hall–Kier alpha value is -4.50. The molecule has 0 aliphatic carbocycles. The second-order valence-electron chi connectivity index (χ2n) is 11.6. The van der Waals surface area contributed by atoms with Crippen LogP contribution in [0.15, 0.2) is 114 Å². The molecular weight excluding hydrogens is 589 g/mol. The second kappa shape index (κ2) is 15.0. The van der Waals surface area contributed by atoms with Crippen molar-refractivity contribution in [2.24, 2.45) is 0 Å². The van der Waals surface area contributed by atoms with Crippen molar-refractivity contribution >= 4 is 27.5 Å². The largest absolute Gasteiger partial charge is 0.352 e. The zero-order valence-corrected chi connectivity index (χ0v) is 26.9. The van der Waals surface area contributed by atoms with E-state index in [1.54, 1.807) is 42.5 Å². The molecule has 1 N–H and O–H groups in total. The summed E-state index contributed by atoms with van der Waals surface area (Å²) in [5.41, 5.74) is 2.77. The highest BCUT2D eigenvalue weighted by atomic mass is 32.2. The normalized spacial score (nSPS) is 12.2. The van der Waals surface area contributed by atoms with Gasteiger partial charge in [0.2, 0.25) is 11.8 Å². The summed E-state index contributed by atoms with van der Waals surface area (Å²) >= 11 is 0. The van der Waals surface area contributed by atoms with E-state index in [0.29, 0.717) is 11.3 Å². The fraction of sp³-hybridized carbons (Fsp3) is 0.278. The number of hydrogen-bond acceptors (Lipinski definition) is 4. The van der Waals surface area contributed by atoms with Crippen molar-refractivity contribution in [3.8, 4) is 0 Å². The predicted octanol–water partition coefficient (Wildman–Crippen LogP) is 6.31. The Morgan fingerprint density at radius 2 is 1.33 bits per heavy atom. The Morgan fingerprint density at radius 3 is 1.89 bits per heavy atom. The number of carbonyl (C=O) groups is 2. The summed E-state index contributed by atoms with van der Waals surface area (Å²) in [6, 6.07) is 28.9. The van der Waals surface area contributed by atoms with Crippen LogP contribution in [0.3, 0.4) is 0 Å². The van der Waals surface area contributed by atoms with E-state index >= 15 is 0 Å². The van der Waals surface area contributed by atoms with Gasteiger partial charge in [-0.15, -0.1) is 0 Å². The first-order chi connectivity index (χ1) is 21.5. The van der Waals surface area contributed by atoms with Crippen molar-refractivity contribution in [2.75, 3.05) is 10.8 Å². The molecule has 0 fully saturated rings. The van der Waals surface area contributed by atoms with E-state index in [-0.39, 0.29) is 35.7 Å². The predicted molar refractivity (Wildman–Crippen MR) is 176 cm³/mol. The lowest BCUT2D eigenvalue weighted by molar-refractivity contribution is -0.140. The van der Waals surface area contributed by atoms with Gasteiger partial charge in [-0.3, -0.25) is 13.9 Å². The molecule has 0 radical (unpaired) electrons. The SMILES string of the molecule is CC(C)NC(=O)[C@H](Cc1ccccc1)N(Cc1ccc(F)cc1)C(=O)CN(c1ccc(C(C)C)cc1)S(=O)(=O)c1ccccc1. The van der Waals surface area contributed by atoms with E-state index in [2.05, 4.69) is 5.32 Å². The van der Waals surface area contributed by atoms with Gasteiger partial charge in [-0.1, -0.05) is 86.6 Å². The van der Waals surface area contributed by atoms with Crippen molar-refractivity contribution in [1.29, 1.82) is 0 Å². The third kappa shape index (κ3) is 8.79. The topological polar surface area (TPSA) is 86.8 Å². The first kappa shape index (κ1) is 33.4. The van der Waals surface area contributed by atoms with Crippen LogP contribution in [0.4, 0.5) is 10.1 Å². The fourth-order valence-corrected chi connectivity index (χ4v) is 6.43. The minimum absolute atomic E-state index is 0.0341. The van der Waals surface area contributed by atoms with Crippen LogP contribution in [0, 0.1) is 5.82 Å². The Labute approximate surface area is 265 Å². The molecule has 4 aromatic carbocycles. The Bertz CT molecular complexity index is 1660. The third-order valence-corrected chi connectivity index (χ3v) is 9.21. The molecule has 0 unspecified atom stereocenters. The van der Waals surface area contributed by atoms with Crippen molar-refractivity contribution in [3.63, 3.8) is 0 Å². The molecule has 0 spiro atoms. The quantitative estimate of drug-likeness (QED) is 0.188. The zero-order valence-electron chi connectivity index (χ0n) is 26.1. The lowest BCUT2D eigenvalue weighted by Gasteiger charge is -2.34. The van der Waals surface area contributed by atoms with Crippen LogP contribution < -0.4 is 9.62 Å². The highest BCUT2D eigenvalue weighted by molar-refractivity contribution is 7.92. The molecule has 45 heavy (non-hydrogen) atoms. The number of amides is 2. The number of rotatable bonds is 13. The molecule has 9 heteroatoms.